The summed E-state index contributed by atoms with van der Waals surface area (Å²) < 4.78 is 11.1. The summed E-state index contributed by atoms with van der Waals surface area (Å²) in [6.45, 7) is 4.06. The molecule has 0 atom stereocenters. The highest BCUT2D eigenvalue weighted by molar-refractivity contribution is 5.74. The Morgan fingerprint density at radius 2 is 2.07 bits per heavy atom. The van der Waals surface area contributed by atoms with Gasteiger partial charge in [-0.15, -0.1) is 0 Å². The van der Waals surface area contributed by atoms with Gasteiger partial charge in [-0.3, -0.25) is 4.79 Å². The van der Waals surface area contributed by atoms with E-state index in [0.717, 1.165) is 40.0 Å². The lowest BCUT2D eigenvalue weighted by molar-refractivity contribution is -0.136. The SMILES string of the molecule is COc1cc(-c2nc(-c3ccc(CCC(=O)O)cc3C)no2)cc2c1CC(C)=C2. The highest BCUT2D eigenvalue weighted by atomic mass is 16.5. The Labute approximate surface area is 168 Å². The third kappa shape index (κ3) is 3.78. The van der Waals surface area contributed by atoms with Crippen LogP contribution in [0.2, 0.25) is 0 Å². The van der Waals surface area contributed by atoms with Crippen LogP contribution in [0.3, 0.4) is 0 Å². The second-order valence-electron chi connectivity index (χ2n) is 7.38. The van der Waals surface area contributed by atoms with E-state index in [9.17, 15) is 4.79 Å². The van der Waals surface area contributed by atoms with Crippen molar-refractivity contribution < 1.29 is 19.2 Å². The van der Waals surface area contributed by atoms with Crippen LogP contribution in [0.5, 0.6) is 5.75 Å². The van der Waals surface area contributed by atoms with Gasteiger partial charge in [0.1, 0.15) is 5.75 Å². The van der Waals surface area contributed by atoms with Crippen LogP contribution in [0.1, 0.15) is 35.6 Å². The second kappa shape index (κ2) is 7.54. The molecule has 0 unspecified atom stereocenters. The number of allylic oxidation sites excluding steroid dienone is 1. The topological polar surface area (TPSA) is 85.5 Å². The summed E-state index contributed by atoms with van der Waals surface area (Å²) in [6.07, 6.45) is 3.65. The number of nitrogens with zero attached hydrogens (tertiary/aromatic N) is 2. The molecule has 6 heteroatoms. The number of ether oxygens (including phenoxy) is 1. The van der Waals surface area contributed by atoms with Gasteiger partial charge >= 0.3 is 5.97 Å². The number of rotatable bonds is 6. The zero-order valence-electron chi connectivity index (χ0n) is 16.7. The Morgan fingerprint density at radius 1 is 1.24 bits per heavy atom. The van der Waals surface area contributed by atoms with E-state index in [4.69, 9.17) is 14.4 Å². The highest BCUT2D eigenvalue weighted by Crippen LogP contribution is 2.37. The lowest BCUT2D eigenvalue weighted by Gasteiger charge is -2.09. The zero-order valence-corrected chi connectivity index (χ0v) is 16.7. The Bertz CT molecular complexity index is 1130. The Balaban J connectivity index is 1.64. The molecule has 0 bridgehead atoms. The Kier molecular flexibility index (Phi) is 4.92. The van der Waals surface area contributed by atoms with Crippen LogP contribution in [-0.4, -0.2) is 28.3 Å². The number of methoxy groups -OCH3 is 1. The molecular weight excluding hydrogens is 368 g/mol. The normalized spacial score (nSPS) is 12.6. The number of carbonyl (C=O) groups is 1. The van der Waals surface area contributed by atoms with Crippen LogP contribution >= 0.6 is 0 Å². The summed E-state index contributed by atoms with van der Waals surface area (Å²) in [6, 6.07) is 9.78. The van der Waals surface area contributed by atoms with Crippen molar-refractivity contribution in [3.05, 3.63) is 58.2 Å². The average Bonchev–Trinajstić information content (AvgIpc) is 3.31. The lowest BCUT2D eigenvalue weighted by atomic mass is 10.0. The molecule has 6 nitrogen and oxygen atoms in total. The van der Waals surface area contributed by atoms with E-state index in [1.165, 1.54) is 11.1 Å². The minimum Gasteiger partial charge on any atom is -0.496 e. The molecule has 2 aromatic carbocycles. The van der Waals surface area contributed by atoms with Gasteiger partial charge in [0.05, 0.1) is 7.11 Å². The first-order valence-electron chi connectivity index (χ1n) is 9.48. The van der Waals surface area contributed by atoms with Crippen LogP contribution in [0.15, 0.2) is 40.4 Å². The molecule has 3 aromatic rings. The predicted octanol–water partition coefficient (Wildman–Crippen LogP) is 4.70. The van der Waals surface area contributed by atoms with Crippen LogP contribution in [0.25, 0.3) is 28.9 Å². The number of fused-ring (bicyclic) bond motifs is 1. The van der Waals surface area contributed by atoms with E-state index in [1.54, 1.807) is 7.11 Å². The van der Waals surface area contributed by atoms with Gasteiger partial charge in [-0.05, 0) is 55.5 Å². The minimum absolute atomic E-state index is 0.110. The minimum atomic E-state index is -0.802. The van der Waals surface area contributed by atoms with Crippen molar-refractivity contribution in [3.8, 4) is 28.6 Å². The number of carboxylic acid groups (broad SMARTS) is 1. The first-order valence-corrected chi connectivity index (χ1v) is 9.48. The van der Waals surface area contributed by atoms with Gasteiger partial charge in [-0.2, -0.15) is 4.98 Å². The quantitative estimate of drug-likeness (QED) is 0.657. The summed E-state index contributed by atoms with van der Waals surface area (Å²) in [7, 11) is 1.67. The number of benzene rings is 2. The number of hydrogen-bond acceptors (Lipinski definition) is 5. The van der Waals surface area contributed by atoms with E-state index in [1.807, 2.05) is 37.3 Å². The molecule has 0 amide bonds. The van der Waals surface area contributed by atoms with Crippen molar-refractivity contribution in [2.45, 2.75) is 33.1 Å². The third-order valence-corrected chi connectivity index (χ3v) is 5.15. The van der Waals surface area contributed by atoms with Crippen molar-refractivity contribution in [2.75, 3.05) is 7.11 Å². The lowest BCUT2D eigenvalue weighted by Crippen LogP contribution is -1.98. The molecule has 148 valence electrons. The van der Waals surface area contributed by atoms with Crippen LogP contribution in [0.4, 0.5) is 0 Å². The van der Waals surface area contributed by atoms with E-state index in [-0.39, 0.29) is 6.42 Å². The average molecular weight is 390 g/mol. The van der Waals surface area contributed by atoms with E-state index >= 15 is 0 Å². The fourth-order valence-corrected chi connectivity index (χ4v) is 3.72. The van der Waals surface area contributed by atoms with Gasteiger partial charge < -0.3 is 14.4 Å². The smallest absolute Gasteiger partial charge is 0.303 e. The summed E-state index contributed by atoms with van der Waals surface area (Å²) in [4.78, 5) is 15.4. The van der Waals surface area contributed by atoms with Gasteiger partial charge in [0.25, 0.3) is 5.89 Å². The number of aliphatic carboxylic acids is 1. The van der Waals surface area contributed by atoms with Gasteiger partial charge in [-0.1, -0.05) is 35.0 Å². The molecule has 0 saturated heterocycles. The number of carboxylic acids is 1. The third-order valence-electron chi connectivity index (χ3n) is 5.15. The summed E-state index contributed by atoms with van der Waals surface area (Å²) in [5, 5.41) is 13.0. The first-order chi connectivity index (χ1) is 13.9. The number of aromatic nitrogens is 2. The number of hydrogen-bond donors (Lipinski definition) is 1. The molecule has 1 aromatic heterocycles. The van der Waals surface area contributed by atoms with E-state index in [2.05, 4.69) is 23.1 Å². The van der Waals surface area contributed by atoms with E-state index in [0.29, 0.717) is 18.1 Å². The van der Waals surface area contributed by atoms with Gasteiger partial charge in [0, 0.05) is 23.1 Å². The standard InChI is InChI=1S/C23H22N2O4/c1-13-8-16-11-17(12-20(28-3)19(16)9-13)23-24-22(25-29-23)18-6-4-15(10-14(18)2)5-7-21(26)27/h4,6,8,10-12H,5,7,9H2,1-3H3,(H,26,27). The number of aryl methyl sites for hydroxylation is 2. The highest BCUT2D eigenvalue weighted by Gasteiger charge is 2.20. The fourth-order valence-electron chi connectivity index (χ4n) is 3.72. The molecule has 0 radical (unpaired) electrons. The Morgan fingerprint density at radius 3 is 2.79 bits per heavy atom. The van der Waals surface area contributed by atoms with Gasteiger partial charge in [-0.25, -0.2) is 0 Å². The van der Waals surface area contributed by atoms with Crippen LogP contribution < -0.4 is 4.74 Å². The van der Waals surface area contributed by atoms with E-state index < -0.39 is 5.97 Å². The Hall–Kier alpha value is -3.41. The van der Waals surface area contributed by atoms with Crippen molar-refractivity contribution >= 4 is 12.0 Å². The molecule has 0 fully saturated rings. The second-order valence-corrected chi connectivity index (χ2v) is 7.38. The van der Waals surface area contributed by atoms with Crippen molar-refractivity contribution in [2.24, 2.45) is 0 Å². The van der Waals surface area contributed by atoms with Crippen molar-refractivity contribution in [3.63, 3.8) is 0 Å². The maximum absolute atomic E-state index is 10.8. The molecule has 1 heterocycles. The maximum atomic E-state index is 10.8. The van der Waals surface area contributed by atoms with Crippen LogP contribution in [-0.2, 0) is 17.6 Å². The molecule has 0 spiro atoms. The molecule has 29 heavy (non-hydrogen) atoms. The first kappa shape index (κ1) is 18.9. The molecule has 4 rings (SSSR count). The van der Waals surface area contributed by atoms with Crippen molar-refractivity contribution in [1.29, 1.82) is 0 Å². The largest absolute Gasteiger partial charge is 0.496 e. The molecule has 0 saturated carbocycles. The molecule has 1 N–H and O–H groups in total. The monoisotopic (exact) mass is 390 g/mol. The molecule has 0 aliphatic heterocycles. The summed E-state index contributed by atoms with van der Waals surface area (Å²) >= 11 is 0. The summed E-state index contributed by atoms with van der Waals surface area (Å²) in [5.74, 6) is 0.968. The van der Waals surface area contributed by atoms with Crippen molar-refractivity contribution in [1.82, 2.24) is 10.1 Å². The van der Waals surface area contributed by atoms with Crippen LogP contribution in [0, 0.1) is 6.92 Å². The molecule has 1 aliphatic carbocycles. The summed E-state index contributed by atoms with van der Waals surface area (Å²) in [5.41, 5.74) is 7.23. The van der Waals surface area contributed by atoms with Gasteiger partial charge in [0.15, 0.2) is 0 Å². The molecular formula is C23H22N2O4. The zero-order chi connectivity index (χ0) is 20.5. The van der Waals surface area contributed by atoms with Gasteiger partial charge in [0.2, 0.25) is 5.82 Å². The fraction of sp³-hybridized carbons (Fsp3) is 0.261. The predicted molar refractivity (Wildman–Crippen MR) is 110 cm³/mol. The maximum Gasteiger partial charge on any atom is 0.303 e. The molecule has 1 aliphatic rings.